The highest BCUT2D eigenvalue weighted by atomic mass is 15.1. The standard InChI is InChI=1S/C15H21N3/c1-12-5-7-14(8-6-12)18-10-13(16-11-18)9-17-15(2,3)4/h5-8,10-11,17H,9H2,1-4H3. The first-order valence-corrected chi connectivity index (χ1v) is 6.29. The molecule has 1 aromatic heterocycles. The third-order valence-electron chi connectivity index (χ3n) is 2.77. The molecule has 18 heavy (non-hydrogen) atoms. The normalized spacial score (nSPS) is 11.8. The second-order valence-corrected chi connectivity index (χ2v) is 5.71. The number of aryl methyl sites for hydroxylation is 1. The Morgan fingerprint density at radius 2 is 1.83 bits per heavy atom. The van der Waals surface area contributed by atoms with Crippen molar-refractivity contribution in [2.75, 3.05) is 0 Å². The Labute approximate surface area is 109 Å². The number of imidazole rings is 1. The molecule has 2 rings (SSSR count). The fraction of sp³-hybridized carbons (Fsp3) is 0.400. The van der Waals surface area contributed by atoms with Gasteiger partial charge in [-0.2, -0.15) is 0 Å². The van der Waals surface area contributed by atoms with Gasteiger partial charge in [-0.1, -0.05) is 17.7 Å². The number of nitrogens with one attached hydrogen (secondary N) is 1. The fourth-order valence-electron chi connectivity index (χ4n) is 1.67. The second-order valence-electron chi connectivity index (χ2n) is 5.71. The van der Waals surface area contributed by atoms with Gasteiger partial charge in [0, 0.05) is 24.0 Å². The molecular weight excluding hydrogens is 222 g/mol. The number of benzene rings is 1. The first-order chi connectivity index (χ1) is 8.44. The maximum absolute atomic E-state index is 4.42. The molecule has 3 nitrogen and oxygen atoms in total. The number of nitrogens with zero attached hydrogens (tertiary/aromatic N) is 2. The van der Waals surface area contributed by atoms with Crippen LogP contribution in [0.4, 0.5) is 0 Å². The van der Waals surface area contributed by atoms with Crippen LogP contribution in [0.3, 0.4) is 0 Å². The van der Waals surface area contributed by atoms with Crippen molar-refractivity contribution in [1.82, 2.24) is 14.9 Å². The fourth-order valence-corrected chi connectivity index (χ4v) is 1.67. The minimum atomic E-state index is 0.119. The molecule has 0 amide bonds. The summed E-state index contributed by atoms with van der Waals surface area (Å²) in [6, 6.07) is 8.45. The summed E-state index contributed by atoms with van der Waals surface area (Å²) in [5, 5.41) is 3.44. The van der Waals surface area contributed by atoms with Crippen LogP contribution < -0.4 is 5.32 Å². The first kappa shape index (κ1) is 12.8. The Hall–Kier alpha value is -1.61. The quantitative estimate of drug-likeness (QED) is 0.898. The lowest BCUT2D eigenvalue weighted by atomic mass is 10.1. The van der Waals surface area contributed by atoms with Crippen LogP contribution in [0.1, 0.15) is 32.0 Å². The highest BCUT2D eigenvalue weighted by Gasteiger charge is 2.09. The van der Waals surface area contributed by atoms with Gasteiger partial charge in [-0.05, 0) is 39.8 Å². The molecule has 1 N–H and O–H groups in total. The van der Waals surface area contributed by atoms with Gasteiger partial charge in [0.1, 0.15) is 0 Å². The minimum Gasteiger partial charge on any atom is -0.306 e. The molecule has 0 aliphatic heterocycles. The van der Waals surface area contributed by atoms with Gasteiger partial charge in [-0.25, -0.2) is 4.98 Å². The Kier molecular flexibility index (Phi) is 3.53. The SMILES string of the molecule is Cc1ccc(-n2cnc(CNC(C)(C)C)c2)cc1. The molecule has 0 saturated heterocycles. The molecule has 3 heteroatoms. The van der Waals surface area contributed by atoms with Crippen molar-refractivity contribution in [3.63, 3.8) is 0 Å². The van der Waals surface area contributed by atoms with E-state index in [1.165, 1.54) is 5.56 Å². The third-order valence-corrected chi connectivity index (χ3v) is 2.77. The van der Waals surface area contributed by atoms with Crippen LogP contribution in [0.5, 0.6) is 0 Å². The molecule has 1 heterocycles. The van der Waals surface area contributed by atoms with Gasteiger partial charge in [0.2, 0.25) is 0 Å². The molecule has 0 spiro atoms. The lowest BCUT2D eigenvalue weighted by Gasteiger charge is -2.19. The maximum Gasteiger partial charge on any atom is 0.0995 e. The van der Waals surface area contributed by atoms with Gasteiger partial charge < -0.3 is 9.88 Å². The summed E-state index contributed by atoms with van der Waals surface area (Å²) in [7, 11) is 0. The maximum atomic E-state index is 4.42. The van der Waals surface area contributed by atoms with Crippen LogP contribution in [-0.4, -0.2) is 15.1 Å². The molecule has 2 aromatic rings. The van der Waals surface area contributed by atoms with E-state index < -0.39 is 0 Å². The second kappa shape index (κ2) is 4.94. The largest absolute Gasteiger partial charge is 0.306 e. The van der Waals surface area contributed by atoms with E-state index in [9.17, 15) is 0 Å². The highest BCUT2D eigenvalue weighted by molar-refractivity contribution is 5.34. The number of aromatic nitrogens is 2. The van der Waals surface area contributed by atoms with E-state index in [-0.39, 0.29) is 5.54 Å². The van der Waals surface area contributed by atoms with Crippen LogP contribution >= 0.6 is 0 Å². The Balaban J connectivity index is 2.08. The summed E-state index contributed by atoms with van der Waals surface area (Å²) in [6.07, 6.45) is 3.94. The van der Waals surface area contributed by atoms with Gasteiger partial charge in [-0.15, -0.1) is 0 Å². The van der Waals surface area contributed by atoms with E-state index in [0.29, 0.717) is 0 Å². The Morgan fingerprint density at radius 3 is 2.44 bits per heavy atom. The molecule has 0 aliphatic rings. The molecule has 96 valence electrons. The number of hydrogen-bond donors (Lipinski definition) is 1. The molecule has 0 aliphatic carbocycles. The van der Waals surface area contributed by atoms with Crippen LogP contribution in [-0.2, 0) is 6.54 Å². The molecule has 0 unspecified atom stereocenters. The summed E-state index contributed by atoms with van der Waals surface area (Å²) in [6.45, 7) is 9.36. The van der Waals surface area contributed by atoms with Gasteiger partial charge in [0.15, 0.2) is 0 Å². The Morgan fingerprint density at radius 1 is 1.17 bits per heavy atom. The van der Waals surface area contributed by atoms with Crippen molar-refractivity contribution in [3.8, 4) is 5.69 Å². The van der Waals surface area contributed by atoms with Crippen LogP contribution in [0.25, 0.3) is 5.69 Å². The smallest absolute Gasteiger partial charge is 0.0995 e. The average Bonchev–Trinajstić information content (AvgIpc) is 2.75. The molecule has 1 aromatic carbocycles. The molecule has 0 bridgehead atoms. The number of rotatable bonds is 3. The van der Waals surface area contributed by atoms with E-state index in [0.717, 1.165) is 17.9 Å². The van der Waals surface area contributed by atoms with Crippen molar-refractivity contribution >= 4 is 0 Å². The van der Waals surface area contributed by atoms with E-state index in [1.54, 1.807) is 0 Å². The van der Waals surface area contributed by atoms with Crippen molar-refractivity contribution in [1.29, 1.82) is 0 Å². The van der Waals surface area contributed by atoms with Crippen molar-refractivity contribution in [2.45, 2.75) is 39.8 Å². The first-order valence-electron chi connectivity index (χ1n) is 6.29. The zero-order valence-corrected chi connectivity index (χ0v) is 11.6. The molecule has 0 radical (unpaired) electrons. The van der Waals surface area contributed by atoms with Crippen molar-refractivity contribution in [3.05, 3.63) is 48.0 Å². The van der Waals surface area contributed by atoms with Crippen molar-refractivity contribution in [2.24, 2.45) is 0 Å². The minimum absolute atomic E-state index is 0.119. The summed E-state index contributed by atoms with van der Waals surface area (Å²) in [4.78, 5) is 4.42. The zero-order chi connectivity index (χ0) is 13.2. The number of hydrogen-bond acceptors (Lipinski definition) is 2. The zero-order valence-electron chi connectivity index (χ0n) is 11.6. The van der Waals surface area contributed by atoms with Gasteiger partial charge in [-0.3, -0.25) is 0 Å². The summed E-state index contributed by atoms with van der Waals surface area (Å²) < 4.78 is 2.05. The van der Waals surface area contributed by atoms with Gasteiger partial charge in [0.25, 0.3) is 0 Å². The van der Waals surface area contributed by atoms with E-state index >= 15 is 0 Å². The van der Waals surface area contributed by atoms with Gasteiger partial charge in [0.05, 0.1) is 12.0 Å². The lowest BCUT2D eigenvalue weighted by Crippen LogP contribution is -2.35. The Bertz CT molecular complexity index is 503. The lowest BCUT2D eigenvalue weighted by molar-refractivity contribution is 0.421. The molecular formula is C15H21N3. The molecule has 0 fully saturated rings. The van der Waals surface area contributed by atoms with E-state index in [1.807, 2.05) is 6.33 Å². The highest BCUT2D eigenvalue weighted by Crippen LogP contribution is 2.10. The average molecular weight is 243 g/mol. The summed E-state index contributed by atoms with van der Waals surface area (Å²) >= 11 is 0. The van der Waals surface area contributed by atoms with Gasteiger partial charge >= 0.3 is 0 Å². The van der Waals surface area contributed by atoms with E-state index in [4.69, 9.17) is 0 Å². The van der Waals surface area contributed by atoms with Crippen molar-refractivity contribution < 1.29 is 0 Å². The monoisotopic (exact) mass is 243 g/mol. The molecule has 0 atom stereocenters. The van der Waals surface area contributed by atoms with Crippen LogP contribution in [0, 0.1) is 6.92 Å². The summed E-state index contributed by atoms with van der Waals surface area (Å²) in [5.74, 6) is 0. The third kappa shape index (κ3) is 3.44. The molecule has 0 saturated carbocycles. The van der Waals surface area contributed by atoms with Crippen LogP contribution in [0.2, 0.25) is 0 Å². The van der Waals surface area contributed by atoms with Crippen LogP contribution in [0.15, 0.2) is 36.8 Å². The summed E-state index contributed by atoms with van der Waals surface area (Å²) in [5.41, 5.74) is 3.60. The predicted molar refractivity (Wildman–Crippen MR) is 74.9 cm³/mol. The predicted octanol–water partition coefficient (Wildman–Crippen LogP) is 3.07. The topological polar surface area (TPSA) is 29.9 Å². The van der Waals surface area contributed by atoms with E-state index in [2.05, 4.69) is 73.0 Å².